The molecule has 0 radical (unpaired) electrons. The number of morpholine rings is 1. The lowest BCUT2D eigenvalue weighted by Gasteiger charge is -2.25. The van der Waals surface area contributed by atoms with Gasteiger partial charge < -0.3 is 14.8 Å². The molecule has 0 aliphatic carbocycles. The molecule has 1 aromatic rings. The number of ether oxygens (including phenoxy) is 2. The van der Waals surface area contributed by atoms with E-state index in [-0.39, 0.29) is 11.8 Å². The normalized spacial score (nSPS) is 20.8. The molecular formula is C11H13F2NO2. The van der Waals surface area contributed by atoms with E-state index in [4.69, 9.17) is 9.47 Å². The Morgan fingerprint density at radius 1 is 1.44 bits per heavy atom. The first-order chi connectivity index (χ1) is 7.72. The van der Waals surface area contributed by atoms with Gasteiger partial charge in [0, 0.05) is 24.2 Å². The fraction of sp³-hybridized carbons (Fsp3) is 0.455. The van der Waals surface area contributed by atoms with E-state index in [1.807, 2.05) is 0 Å². The van der Waals surface area contributed by atoms with Gasteiger partial charge in [-0.15, -0.1) is 0 Å². The van der Waals surface area contributed by atoms with E-state index in [0.717, 1.165) is 6.07 Å². The fourth-order valence-corrected chi connectivity index (χ4v) is 1.82. The smallest absolute Gasteiger partial charge is 0.134 e. The molecule has 2 rings (SSSR count). The molecule has 1 saturated heterocycles. The molecule has 1 N–H and O–H groups in total. The largest absolute Gasteiger partial charge is 0.496 e. The van der Waals surface area contributed by atoms with Crippen molar-refractivity contribution >= 4 is 0 Å². The predicted octanol–water partition coefficient (Wildman–Crippen LogP) is 1.63. The number of benzene rings is 1. The lowest BCUT2D eigenvalue weighted by molar-refractivity contribution is 0.0748. The summed E-state index contributed by atoms with van der Waals surface area (Å²) in [5.41, 5.74) is 0.323. The first kappa shape index (κ1) is 11.3. The molecule has 1 aliphatic heterocycles. The van der Waals surface area contributed by atoms with E-state index in [1.54, 1.807) is 0 Å². The van der Waals surface area contributed by atoms with Crippen LogP contribution in [0.1, 0.15) is 11.6 Å². The first-order valence-electron chi connectivity index (χ1n) is 5.06. The SMILES string of the molecule is COc1cc(F)cc(F)c1C1COCCN1. The van der Waals surface area contributed by atoms with E-state index in [1.165, 1.54) is 13.2 Å². The highest BCUT2D eigenvalue weighted by Gasteiger charge is 2.23. The van der Waals surface area contributed by atoms with Gasteiger partial charge in [-0.2, -0.15) is 0 Å². The summed E-state index contributed by atoms with van der Waals surface area (Å²) in [5, 5.41) is 3.10. The maximum Gasteiger partial charge on any atom is 0.134 e. The molecule has 1 aliphatic rings. The third-order valence-electron chi connectivity index (χ3n) is 2.55. The minimum atomic E-state index is -0.644. The first-order valence-corrected chi connectivity index (χ1v) is 5.06. The number of nitrogens with one attached hydrogen (secondary N) is 1. The number of rotatable bonds is 2. The third-order valence-corrected chi connectivity index (χ3v) is 2.55. The Labute approximate surface area is 92.4 Å². The van der Waals surface area contributed by atoms with Crippen LogP contribution in [0.3, 0.4) is 0 Å². The van der Waals surface area contributed by atoms with Gasteiger partial charge in [0.25, 0.3) is 0 Å². The lowest BCUT2D eigenvalue weighted by atomic mass is 10.0. The summed E-state index contributed by atoms with van der Waals surface area (Å²) in [5.74, 6) is -1.05. The Hall–Kier alpha value is -1.20. The van der Waals surface area contributed by atoms with Crippen LogP contribution in [-0.2, 0) is 4.74 Å². The van der Waals surface area contributed by atoms with E-state index < -0.39 is 11.6 Å². The zero-order valence-electron chi connectivity index (χ0n) is 8.93. The molecule has 1 unspecified atom stereocenters. The predicted molar refractivity (Wildman–Crippen MR) is 54.5 cm³/mol. The van der Waals surface area contributed by atoms with Crippen LogP contribution in [0.2, 0.25) is 0 Å². The topological polar surface area (TPSA) is 30.5 Å². The van der Waals surface area contributed by atoms with Crippen LogP contribution in [-0.4, -0.2) is 26.9 Å². The van der Waals surface area contributed by atoms with E-state index in [9.17, 15) is 8.78 Å². The van der Waals surface area contributed by atoms with Gasteiger partial charge in [0.2, 0.25) is 0 Å². The quantitative estimate of drug-likeness (QED) is 0.836. The van der Waals surface area contributed by atoms with E-state index in [0.29, 0.717) is 25.3 Å². The molecule has 1 aromatic carbocycles. The summed E-state index contributed by atoms with van der Waals surface area (Å²) in [7, 11) is 1.39. The van der Waals surface area contributed by atoms with Crippen LogP contribution in [0.5, 0.6) is 5.75 Å². The second-order valence-corrected chi connectivity index (χ2v) is 3.59. The Balaban J connectivity index is 2.37. The summed E-state index contributed by atoms with van der Waals surface area (Å²) in [6.45, 7) is 1.60. The third kappa shape index (κ3) is 2.15. The van der Waals surface area contributed by atoms with Crippen molar-refractivity contribution in [2.45, 2.75) is 6.04 Å². The molecular weight excluding hydrogens is 216 g/mol. The van der Waals surface area contributed by atoms with Gasteiger partial charge in [0.05, 0.1) is 26.4 Å². The van der Waals surface area contributed by atoms with Crippen LogP contribution in [0.25, 0.3) is 0 Å². The lowest BCUT2D eigenvalue weighted by Crippen LogP contribution is -2.35. The van der Waals surface area contributed by atoms with Gasteiger partial charge in [-0.3, -0.25) is 0 Å². The zero-order chi connectivity index (χ0) is 11.5. The van der Waals surface area contributed by atoms with Gasteiger partial charge in [0.15, 0.2) is 0 Å². The van der Waals surface area contributed by atoms with Crippen LogP contribution in [0.4, 0.5) is 8.78 Å². The van der Waals surface area contributed by atoms with Crippen LogP contribution < -0.4 is 10.1 Å². The Bertz CT molecular complexity index is 378. The Morgan fingerprint density at radius 3 is 2.88 bits per heavy atom. The zero-order valence-corrected chi connectivity index (χ0v) is 8.93. The molecule has 88 valence electrons. The monoisotopic (exact) mass is 229 g/mol. The van der Waals surface area contributed by atoms with Gasteiger partial charge in [0.1, 0.15) is 17.4 Å². The average molecular weight is 229 g/mol. The molecule has 0 aromatic heterocycles. The molecule has 16 heavy (non-hydrogen) atoms. The highest BCUT2D eigenvalue weighted by molar-refractivity contribution is 5.38. The van der Waals surface area contributed by atoms with Crippen molar-refractivity contribution in [3.8, 4) is 5.75 Å². The highest BCUT2D eigenvalue weighted by Crippen LogP contribution is 2.30. The minimum Gasteiger partial charge on any atom is -0.496 e. The van der Waals surface area contributed by atoms with Crippen molar-refractivity contribution in [1.29, 1.82) is 0 Å². The van der Waals surface area contributed by atoms with Crippen LogP contribution in [0, 0.1) is 11.6 Å². The molecule has 1 fully saturated rings. The Kier molecular flexibility index (Phi) is 3.36. The van der Waals surface area contributed by atoms with Gasteiger partial charge in [-0.25, -0.2) is 8.78 Å². The molecule has 0 bridgehead atoms. The second-order valence-electron chi connectivity index (χ2n) is 3.59. The number of halogens is 2. The summed E-state index contributed by atoms with van der Waals surface area (Å²) >= 11 is 0. The van der Waals surface area contributed by atoms with Crippen molar-refractivity contribution in [3.63, 3.8) is 0 Å². The van der Waals surface area contributed by atoms with Gasteiger partial charge in [-0.1, -0.05) is 0 Å². The second kappa shape index (κ2) is 4.76. The van der Waals surface area contributed by atoms with Crippen molar-refractivity contribution < 1.29 is 18.3 Å². The van der Waals surface area contributed by atoms with Crippen molar-refractivity contribution in [3.05, 3.63) is 29.3 Å². The van der Waals surface area contributed by atoms with E-state index in [2.05, 4.69) is 5.32 Å². The maximum absolute atomic E-state index is 13.7. The number of methoxy groups -OCH3 is 1. The van der Waals surface area contributed by atoms with Crippen molar-refractivity contribution in [2.24, 2.45) is 0 Å². The molecule has 1 atom stereocenters. The molecule has 3 nitrogen and oxygen atoms in total. The van der Waals surface area contributed by atoms with E-state index >= 15 is 0 Å². The van der Waals surface area contributed by atoms with Gasteiger partial charge >= 0.3 is 0 Å². The molecule has 0 saturated carbocycles. The highest BCUT2D eigenvalue weighted by atomic mass is 19.1. The molecule has 0 spiro atoms. The van der Waals surface area contributed by atoms with Crippen molar-refractivity contribution in [2.75, 3.05) is 26.9 Å². The van der Waals surface area contributed by atoms with Gasteiger partial charge in [-0.05, 0) is 0 Å². The Morgan fingerprint density at radius 2 is 2.25 bits per heavy atom. The molecule has 1 heterocycles. The van der Waals surface area contributed by atoms with Crippen LogP contribution in [0.15, 0.2) is 12.1 Å². The summed E-state index contributed by atoms with van der Waals surface area (Å²) in [6.07, 6.45) is 0. The standard InChI is InChI=1S/C11H13F2NO2/c1-15-10-5-7(12)4-8(13)11(10)9-6-16-3-2-14-9/h4-5,9,14H,2-3,6H2,1H3. The molecule has 0 amide bonds. The fourth-order valence-electron chi connectivity index (χ4n) is 1.82. The number of hydrogen-bond donors (Lipinski definition) is 1. The molecule has 5 heteroatoms. The van der Waals surface area contributed by atoms with Crippen LogP contribution >= 0.6 is 0 Å². The maximum atomic E-state index is 13.7. The summed E-state index contributed by atoms with van der Waals surface area (Å²) in [6, 6.07) is 1.74. The van der Waals surface area contributed by atoms with Crippen molar-refractivity contribution in [1.82, 2.24) is 5.32 Å². The summed E-state index contributed by atoms with van der Waals surface area (Å²) in [4.78, 5) is 0. The summed E-state index contributed by atoms with van der Waals surface area (Å²) < 4.78 is 36.9. The average Bonchev–Trinajstić information content (AvgIpc) is 2.29. The minimum absolute atomic E-state index is 0.209. The number of hydrogen-bond acceptors (Lipinski definition) is 3.